The summed E-state index contributed by atoms with van der Waals surface area (Å²) in [7, 11) is 0. The quantitative estimate of drug-likeness (QED) is 0.254. The molecular weight excluding hydrogens is 438 g/mol. The molecule has 4 rings (SSSR count). The first-order chi connectivity index (χ1) is 17.2. The van der Waals surface area contributed by atoms with Crippen molar-refractivity contribution < 1.29 is 0 Å². The summed E-state index contributed by atoms with van der Waals surface area (Å²) in [5.74, 6) is 1.19. The molecule has 0 aliphatic carbocycles. The van der Waals surface area contributed by atoms with E-state index in [1.54, 1.807) is 54.9 Å². The van der Waals surface area contributed by atoms with Crippen LogP contribution in [0.2, 0.25) is 0 Å². The zero-order chi connectivity index (χ0) is 24.3. The summed E-state index contributed by atoms with van der Waals surface area (Å²) in [4.78, 5) is 8.85. The fourth-order valence-corrected chi connectivity index (χ4v) is 3.00. The summed E-state index contributed by atoms with van der Waals surface area (Å²) in [5.41, 5.74) is 9.19. The third kappa shape index (κ3) is 6.72. The van der Waals surface area contributed by atoms with Crippen LogP contribution in [0.3, 0.4) is 0 Å². The van der Waals surface area contributed by atoms with Crippen molar-refractivity contribution in [1.82, 2.24) is 9.97 Å². The minimum Gasteiger partial charge on any atom is -0.340 e. The summed E-state index contributed by atoms with van der Waals surface area (Å²) in [6.07, 6.45) is 3.18. The lowest BCUT2D eigenvalue weighted by molar-refractivity contribution is 1.10. The van der Waals surface area contributed by atoms with Crippen molar-refractivity contribution in [2.24, 2.45) is 10.2 Å². The van der Waals surface area contributed by atoms with Crippen molar-refractivity contribution in [2.45, 2.75) is 0 Å². The van der Waals surface area contributed by atoms with E-state index < -0.39 is 0 Å². The Morgan fingerprint density at radius 1 is 0.657 bits per heavy atom. The first-order valence-corrected chi connectivity index (χ1v) is 10.5. The van der Waals surface area contributed by atoms with Gasteiger partial charge in [0.1, 0.15) is 5.82 Å². The Morgan fingerprint density at radius 3 is 1.89 bits per heavy atom. The van der Waals surface area contributed by atoms with Gasteiger partial charge >= 0.3 is 0 Å². The molecule has 0 radical (unpaired) electrons. The standard InChI is InChI=1S/C26H19N9/c27-15-19-6-4-8-21(12-19)17-29-34-25-14-24(31-23-10-2-1-3-11-23)32-26(33-25)35-30-18-22-9-5-7-20(13-22)16-28/h1-14,17-18H,(H3,31,32,33,34,35). The summed E-state index contributed by atoms with van der Waals surface area (Å²) >= 11 is 0. The Balaban J connectivity index is 1.53. The number of hydrazone groups is 2. The average Bonchev–Trinajstić information content (AvgIpc) is 2.89. The fraction of sp³-hybridized carbons (Fsp3) is 0. The highest BCUT2D eigenvalue weighted by atomic mass is 15.4. The molecule has 3 N–H and O–H groups in total. The number of para-hydroxylation sites is 1. The van der Waals surface area contributed by atoms with Crippen LogP contribution in [-0.2, 0) is 0 Å². The van der Waals surface area contributed by atoms with E-state index in [1.165, 1.54) is 0 Å². The number of nitrogens with one attached hydrogen (secondary N) is 3. The number of aromatic nitrogens is 2. The molecule has 4 aromatic rings. The van der Waals surface area contributed by atoms with Crippen molar-refractivity contribution in [3.05, 3.63) is 107 Å². The predicted octanol–water partition coefficient (Wildman–Crippen LogP) is 4.86. The molecule has 9 heteroatoms. The Kier molecular flexibility index (Phi) is 7.35. The summed E-state index contributed by atoms with van der Waals surface area (Å²) < 4.78 is 0. The van der Waals surface area contributed by atoms with Crippen molar-refractivity contribution in [3.8, 4) is 12.1 Å². The van der Waals surface area contributed by atoms with Crippen molar-refractivity contribution >= 4 is 35.7 Å². The number of nitriles is 2. The lowest BCUT2D eigenvalue weighted by Gasteiger charge is -2.09. The number of nitrogens with zero attached hydrogens (tertiary/aromatic N) is 6. The van der Waals surface area contributed by atoms with Crippen LogP contribution in [0.15, 0.2) is 95.1 Å². The van der Waals surface area contributed by atoms with E-state index in [2.05, 4.69) is 48.5 Å². The SMILES string of the molecule is N#Cc1cccc(C=NNc2cc(Nc3ccccc3)nc(NN=Cc3cccc(C#N)c3)n2)c1. The van der Waals surface area contributed by atoms with Crippen molar-refractivity contribution in [3.63, 3.8) is 0 Å². The van der Waals surface area contributed by atoms with Crippen molar-refractivity contribution in [1.29, 1.82) is 10.5 Å². The van der Waals surface area contributed by atoms with Crippen LogP contribution in [0.1, 0.15) is 22.3 Å². The van der Waals surface area contributed by atoms with Gasteiger partial charge in [0, 0.05) is 11.8 Å². The van der Waals surface area contributed by atoms with Crippen LogP contribution in [0.25, 0.3) is 0 Å². The van der Waals surface area contributed by atoms with Crippen LogP contribution in [-0.4, -0.2) is 22.4 Å². The molecule has 0 saturated carbocycles. The summed E-state index contributed by atoms with van der Waals surface area (Å²) in [5, 5.41) is 29.7. The van der Waals surface area contributed by atoms with Crippen LogP contribution >= 0.6 is 0 Å². The third-order valence-electron chi connectivity index (χ3n) is 4.57. The molecule has 3 aromatic carbocycles. The number of hydrogen-bond donors (Lipinski definition) is 3. The van der Waals surface area contributed by atoms with E-state index in [9.17, 15) is 0 Å². The number of rotatable bonds is 8. The van der Waals surface area contributed by atoms with Gasteiger partial charge in [0.15, 0.2) is 5.82 Å². The van der Waals surface area contributed by atoms with Gasteiger partial charge in [0.05, 0.1) is 35.7 Å². The van der Waals surface area contributed by atoms with Gasteiger partial charge in [-0.25, -0.2) is 5.43 Å². The molecular formula is C26H19N9. The largest absolute Gasteiger partial charge is 0.340 e. The minimum absolute atomic E-state index is 0.239. The number of hydrogen-bond acceptors (Lipinski definition) is 9. The average molecular weight is 458 g/mol. The zero-order valence-electron chi connectivity index (χ0n) is 18.4. The molecule has 0 amide bonds. The number of benzene rings is 3. The van der Waals surface area contributed by atoms with Gasteiger partial charge in [0.2, 0.25) is 5.95 Å². The highest BCUT2D eigenvalue weighted by molar-refractivity contribution is 5.81. The van der Waals surface area contributed by atoms with Gasteiger partial charge < -0.3 is 5.32 Å². The summed E-state index contributed by atoms with van der Waals surface area (Å²) in [6, 6.07) is 29.7. The van der Waals surface area contributed by atoms with Gasteiger partial charge in [0.25, 0.3) is 0 Å². The maximum absolute atomic E-state index is 9.05. The van der Waals surface area contributed by atoms with Gasteiger partial charge in [-0.05, 0) is 47.5 Å². The molecule has 0 unspecified atom stereocenters. The smallest absolute Gasteiger partial charge is 0.247 e. The van der Waals surface area contributed by atoms with E-state index in [0.717, 1.165) is 16.8 Å². The third-order valence-corrected chi connectivity index (χ3v) is 4.57. The van der Waals surface area contributed by atoms with E-state index in [1.807, 2.05) is 42.5 Å². The van der Waals surface area contributed by atoms with E-state index >= 15 is 0 Å². The molecule has 0 aliphatic rings. The molecule has 0 atom stereocenters. The molecule has 0 saturated heterocycles. The lowest BCUT2D eigenvalue weighted by Crippen LogP contribution is -2.04. The lowest BCUT2D eigenvalue weighted by atomic mass is 10.1. The summed E-state index contributed by atoms with van der Waals surface area (Å²) in [6.45, 7) is 0. The molecule has 1 heterocycles. The topological polar surface area (TPSA) is 134 Å². The highest BCUT2D eigenvalue weighted by Gasteiger charge is 2.05. The first kappa shape index (κ1) is 22.6. The van der Waals surface area contributed by atoms with E-state index in [4.69, 9.17) is 10.5 Å². The predicted molar refractivity (Wildman–Crippen MR) is 137 cm³/mol. The number of anilines is 4. The second-order valence-electron chi connectivity index (χ2n) is 7.17. The van der Waals surface area contributed by atoms with Crippen LogP contribution in [0.4, 0.5) is 23.3 Å². The second-order valence-corrected chi connectivity index (χ2v) is 7.17. The maximum atomic E-state index is 9.05. The minimum atomic E-state index is 0.239. The molecule has 1 aromatic heterocycles. The first-order valence-electron chi connectivity index (χ1n) is 10.5. The maximum Gasteiger partial charge on any atom is 0.247 e. The zero-order valence-corrected chi connectivity index (χ0v) is 18.4. The molecule has 0 fully saturated rings. The normalized spacial score (nSPS) is 10.6. The molecule has 35 heavy (non-hydrogen) atoms. The van der Waals surface area contributed by atoms with Crippen LogP contribution in [0, 0.1) is 22.7 Å². The molecule has 168 valence electrons. The fourth-order valence-electron chi connectivity index (χ4n) is 3.00. The van der Waals surface area contributed by atoms with E-state index in [-0.39, 0.29) is 5.95 Å². The Hall–Kier alpha value is -5.54. The van der Waals surface area contributed by atoms with Crippen molar-refractivity contribution in [2.75, 3.05) is 16.2 Å². The monoisotopic (exact) mass is 457 g/mol. The van der Waals surface area contributed by atoms with Gasteiger partial charge in [-0.2, -0.15) is 30.7 Å². The highest BCUT2D eigenvalue weighted by Crippen LogP contribution is 2.19. The van der Waals surface area contributed by atoms with Gasteiger partial charge in [-0.3, -0.25) is 5.43 Å². The molecule has 0 aliphatic heterocycles. The Labute approximate surface area is 202 Å². The Bertz CT molecular complexity index is 1360. The van der Waals surface area contributed by atoms with Gasteiger partial charge in [-0.1, -0.05) is 42.5 Å². The second kappa shape index (κ2) is 11.4. The molecule has 0 spiro atoms. The molecule has 9 nitrogen and oxygen atoms in total. The van der Waals surface area contributed by atoms with Gasteiger partial charge in [-0.15, -0.1) is 0 Å². The van der Waals surface area contributed by atoms with E-state index in [0.29, 0.717) is 22.8 Å². The Morgan fingerprint density at radius 2 is 1.26 bits per heavy atom. The molecule has 0 bridgehead atoms. The van der Waals surface area contributed by atoms with Crippen LogP contribution in [0.5, 0.6) is 0 Å². The van der Waals surface area contributed by atoms with Crippen LogP contribution < -0.4 is 16.2 Å².